The summed E-state index contributed by atoms with van der Waals surface area (Å²) in [7, 11) is 0. The van der Waals surface area contributed by atoms with Gasteiger partial charge in [-0.05, 0) is 13.3 Å². The van der Waals surface area contributed by atoms with E-state index in [0.29, 0.717) is 6.54 Å². The lowest BCUT2D eigenvalue weighted by molar-refractivity contribution is 0.173. The van der Waals surface area contributed by atoms with Gasteiger partial charge in [-0.3, -0.25) is 0 Å². The molecule has 0 aliphatic heterocycles. The van der Waals surface area contributed by atoms with Crippen LogP contribution in [0.5, 0.6) is 0 Å². The molecule has 0 aliphatic rings. The Morgan fingerprint density at radius 3 is 2.91 bits per heavy atom. The first-order valence-electron chi connectivity index (χ1n) is 3.91. The van der Waals surface area contributed by atoms with Gasteiger partial charge in [-0.15, -0.1) is 0 Å². The first-order chi connectivity index (χ1) is 5.22. The molecular weight excluding hydrogens is 140 g/mol. The van der Waals surface area contributed by atoms with Crippen LogP contribution in [0.4, 0.5) is 0 Å². The van der Waals surface area contributed by atoms with Crippen LogP contribution in [-0.4, -0.2) is 20.8 Å². The van der Waals surface area contributed by atoms with E-state index >= 15 is 0 Å². The average Bonchev–Trinajstić information content (AvgIpc) is 2.34. The molecule has 1 atom stereocenters. The first kappa shape index (κ1) is 8.27. The maximum absolute atomic E-state index is 9.04. The third-order valence-electron chi connectivity index (χ3n) is 1.52. The van der Waals surface area contributed by atoms with Crippen molar-refractivity contribution < 1.29 is 5.11 Å². The second-order valence-electron chi connectivity index (χ2n) is 2.76. The summed E-state index contributed by atoms with van der Waals surface area (Å²) in [5.41, 5.74) is 1.07. The summed E-state index contributed by atoms with van der Waals surface area (Å²) in [6.07, 6.45) is 4.37. The van der Waals surface area contributed by atoms with E-state index in [-0.39, 0.29) is 6.10 Å². The van der Waals surface area contributed by atoms with E-state index < -0.39 is 0 Å². The van der Waals surface area contributed by atoms with E-state index in [1.807, 2.05) is 10.8 Å². The topological polar surface area (TPSA) is 38.0 Å². The normalized spacial score (nSPS) is 13.4. The van der Waals surface area contributed by atoms with E-state index in [2.05, 4.69) is 11.9 Å². The Labute approximate surface area is 66.7 Å². The molecule has 1 N–H and O–H groups in total. The summed E-state index contributed by atoms with van der Waals surface area (Å²) in [4.78, 5) is 4.14. The van der Waals surface area contributed by atoms with Crippen molar-refractivity contribution in [2.75, 3.05) is 0 Å². The fraction of sp³-hybridized carbons (Fsp3) is 0.625. The standard InChI is InChI=1S/C8H14N2O/c1-3-8-5-10(6-9-8)4-7(2)11/h5-7,11H,3-4H2,1-2H3. The van der Waals surface area contributed by atoms with Crippen molar-refractivity contribution in [3.8, 4) is 0 Å². The number of aryl methyl sites for hydroxylation is 1. The SMILES string of the molecule is CCc1cn(CC(C)O)cn1. The lowest BCUT2D eigenvalue weighted by Crippen LogP contribution is -2.09. The Morgan fingerprint density at radius 1 is 1.73 bits per heavy atom. The molecule has 0 fully saturated rings. The highest BCUT2D eigenvalue weighted by molar-refractivity contribution is 4.95. The van der Waals surface area contributed by atoms with E-state index in [9.17, 15) is 0 Å². The average molecular weight is 154 g/mol. The van der Waals surface area contributed by atoms with Gasteiger partial charge < -0.3 is 9.67 Å². The number of hydrogen-bond donors (Lipinski definition) is 1. The molecule has 3 nitrogen and oxygen atoms in total. The summed E-state index contributed by atoms with van der Waals surface area (Å²) in [6.45, 7) is 4.47. The largest absolute Gasteiger partial charge is 0.392 e. The fourth-order valence-electron chi connectivity index (χ4n) is 0.994. The molecule has 0 spiro atoms. The zero-order valence-corrected chi connectivity index (χ0v) is 6.99. The van der Waals surface area contributed by atoms with Gasteiger partial charge in [-0.25, -0.2) is 4.98 Å². The minimum Gasteiger partial charge on any atom is -0.392 e. The Kier molecular flexibility index (Phi) is 2.65. The molecule has 0 aromatic carbocycles. The molecule has 1 aromatic heterocycles. The predicted molar refractivity (Wildman–Crippen MR) is 43.3 cm³/mol. The molecule has 3 heteroatoms. The Morgan fingerprint density at radius 2 is 2.45 bits per heavy atom. The summed E-state index contributed by atoms with van der Waals surface area (Å²) in [5.74, 6) is 0. The summed E-state index contributed by atoms with van der Waals surface area (Å²) in [5, 5.41) is 9.04. The minimum absolute atomic E-state index is 0.297. The van der Waals surface area contributed by atoms with E-state index in [1.165, 1.54) is 0 Å². The molecule has 11 heavy (non-hydrogen) atoms. The Hall–Kier alpha value is -0.830. The molecule has 0 amide bonds. The van der Waals surface area contributed by atoms with Gasteiger partial charge in [-0.1, -0.05) is 6.92 Å². The van der Waals surface area contributed by atoms with Crippen LogP contribution in [-0.2, 0) is 13.0 Å². The van der Waals surface area contributed by atoms with Gasteiger partial charge in [0.15, 0.2) is 0 Å². The maximum Gasteiger partial charge on any atom is 0.0950 e. The molecule has 0 saturated heterocycles. The van der Waals surface area contributed by atoms with Crippen molar-refractivity contribution in [1.82, 2.24) is 9.55 Å². The number of rotatable bonds is 3. The molecule has 1 heterocycles. The molecular formula is C8H14N2O. The highest BCUT2D eigenvalue weighted by Gasteiger charge is 1.98. The van der Waals surface area contributed by atoms with Crippen molar-refractivity contribution >= 4 is 0 Å². The van der Waals surface area contributed by atoms with Gasteiger partial charge in [0.1, 0.15) is 0 Å². The maximum atomic E-state index is 9.04. The van der Waals surface area contributed by atoms with Crippen LogP contribution in [0.1, 0.15) is 19.5 Å². The highest BCUT2D eigenvalue weighted by Crippen LogP contribution is 1.97. The second kappa shape index (κ2) is 3.53. The predicted octanol–water partition coefficient (Wildman–Crippen LogP) is 0.826. The number of aliphatic hydroxyl groups is 1. The van der Waals surface area contributed by atoms with Crippen molar-refractivity contribution in [3.63, 3.8) is 0 Å². The molecule has 0 radical (unpaired) electrons. The molecule has 1 unspecified atom stereocenters. The monoisotopic (exact) mass is 154 g/mol. The van der Waals surface area contributed by atoms with Crippen molar-refractivity contribution in [2.45, 2.75) is 32.9 Å². The summed E-state index contributed by atoms with van der Waals surface area (Å²) < 4.78 is 1.91. The van der Waals surface area contributed by atoms with Gasteiger partial charge in [0.25, 0.3) is 0 Å². The molecule has 1 rings (SSSR count). The van der Waals surface area contributed by atoms with Crippen LogP contribution in [0.3, 0.4) is 0 Å². The van der Waals surface area contributed by atoms with Crippen LogP contribution in [0.25, 0.3) is 0 Å². The highest BCUT2D eigenvalue weighted by atomic mass is 16.3. The molecule has 1 aromatic rings. The van der Waals surface area contributed by atoms with E-state index in [1.54, 1.807) is 13.3 Å². The number of imidazole rings is 1. The molecule has 0 aliphatic carbocycles. The number of hydrogen-bond acceptors (Lipinski definition) is 2. The third-order valence-corrected chi connectivity index (χ3v) is 1.52. The molecule has 0 bridgehead atoms. The second-order valence-corrected chi connectivity index (χ2v) is 2.76. The van der Waals surface area contributed by atoms with Crippen molar-refractivity contribution in [3.05, 3.63) is 18.2 Å². The van der Waals surface area contributed by atoms with Crippen molar-refractivity contribution in [2.24, 2.45) is 0 Å². The lowest BCUT2D eigenvalue weighted by atomic mass is 10.4. The fourth-order valence-corrected chi connectivity index (χ4v) is 0.994. The van der Waals surface area contributed by atoms with Crippen LogP contribution < -0.4 is 0 Å². The van der Waals surface area contributed by atoms with Crippen LogP contribution in [0, 0.1) is 0 Å². The lowest BCUT2D eigenvalue weighted by Gasteiger charge is -2.02. The number of aromatic nitrogens is 2. The van der Waals surface area contributed by atoms with E-state index in [4.69, 9.17) is 5.11 Å². The van der Waals surface area contributed by atoms with Gasteiger partial charge in [-0.2, -0.15) is 0 Å². The molecule has 62 valence electrons. The van der Waals surface area contributed by atoms with Gasteiger partial charge in [0.05, 0.1) is 18.1 Å². The van der Waals surface area contributed by atoms with Crippen LogP contribution in [0.15, 0.2) is 12.5 Å². The molecule has 0 saturated carbocycles. The Balaban J connectivity index is 2.58. The van der Waals surface area contributed by atoms with E-state index in [0.717, 1.165) is 12.1 Å². The number of aliphatic hydroxyl groups excluding tert-OH is 1. The van der Waals surface area contributed by atoms with Gasteiger partial charge >= 0.3 is 0 Å². The minimum atomic E-state index is -0.297. The van der Waals surface area contributed by atoms with Gasteiger partial charge in [0, 0.05) is 12.7 Å². The third kappa shape index (κ3) is 2.35. The van der Waals surface area contributed by atoms with Gasteiger partial charge in [0.2, 0.25) is 0 Å². The number of nitrogens with zero attached hydrogens (tertiary/aromatic N) is 2. The van der Waals surface area contributed by atoms with Crippen molar-refractivity contribution in [1.29, 1.82) is 0 Å². The Bertz CT molecular complexity index is 218. The zero-order valence-electron chi connectivity index (χ0n) is 6.99. The van der Waals surface area contributed by atoms with Crippen LogP contribution in [0.2, 0.25) is 0 Å². The zero-order chi connectivity index (χ0) is 8.27. The summed E-state index contributed by atoms with van der Waals surface area (Å²) in [6, 6.07) is 0. The smallest absolute Gasteiger partial charge is 0.0950 e. The first-order valence-corrected chi connectivity index (χ1v) is 3.91. The quantitative estimate of drug-likeness (QED) is 0.700. The summed E-state index contributed by atoms with van der Waals surface area (Å²) >= 11 is 0. The van der Waals surface area contributed by atoms with Crippen LogP contribution >= 0.6 is 0 Å².